The highest BCUT2D eigenvalue weighted by atomic mass is 32.2. The van der Waals surface area contributed by atoms with Crippen LogP contribution in [0.25, 0.3) is 0 Å². The SMILES string of the molecule is CC[C@H](C)[C@H](NC(=O)[C@H](CC(=O)O)NC(=O)[C@@H]1CCCN1C(=O)[C@@H](N)CCC(=O)O)C(=O)N[C@@H](CCSC)C(=O)O. The number of carbonyl (C=O) groups excluding carboxylic acids is 4. The fourth-order valence-corrected chi connectivity index (χ4v) is 4.75. The van der Waals surface area contributed by atoms with Gasteiger partial charge in [0.05, 0.1) is 12.5 Å². The zero-order chi connectivity index (χ0) is 31.3. The molecule has 1 aliphatic rings. The van der Waals surface area contributed by atoms with Gasteiger partial charge in [0.2, 0.25) is 23.6 Å². The molecule has 1 saturated heterocycles. The Kier molecular flexibility index (Phi) is 15.1. The first-order valence-corrected chi connectivity index (χ1v) is 14.7. The Morgan fingerprint density at radius 3 is 2.15 bits per heavy atom. The van der Waals surface area contributed by atoms with Crippen LogP contribution >= 0.6 is 11.8 Å². The number of hydrogen-bond acceptors (Lipinski definition) is 9. The number of likely N-dealkylation sites (tertiary alicyclic amines) is 1. The molecule has 1 heterocycles. The molecule has 16 heteroatoms. The summed E-state index contributed by atoms with van der Waals surface area (Å²) in [5, 5.41) is 34.9. The van der Waals surface area contributed by atoms with E-state index in [4.69, 9.17) is 10.8 Å². The van der Waals surface area contributed by atoms with E-state index < -0.39 is 84.1 Å². The zero-order valence-electron chi connectivity index (χ0n) is 23.5. The van der Waals surface area contributed by atoms with Crippen molar-refractivity contribution < 1.29 is 48.9 Å². The van der Waals surface area contributed by atoms with Gasteiger partial charge in [0.1, 0.15) is 24.2 Å². The van der Waals surface area contributed by atoms with E-state index in [-0.39, 0.29) is 32.2 Å². The minimum absolute atomic E-state index is 0.137. The Morgan fingerprint density at radius 1 is 0.951 bits per heavy atom. The van der Waals surface area contributed by atoms with Crippen LogP contribution in [0.15, 0.2) is 0 Å². The molecule has 1 fully saturated rings. The second kappa shape index (κ2) is 17.4. The van der Waals surface area contributed by atoms with E-state index in [1.807, 2.05) is 0 Å². The molecule has 0 radical (unpaired) electrons. The van der Waals surface area contributed by atoms with Gasteiger partial charge in [0.15, 0.2) is 0 Å². The molecule has 0 aromatic carbocycles. The molecule has 1 aliphatic heterocycles. The first-order chi connectivity index (χ1) is 19.2. The van der Waals surface area contributed by atoms with Crippen molar-refractivity contribution >= 4 is 53.3 Å². The van der Waals surface area contributed by atoms with Gasteiger partial charge in [-0.2, -0.15) is 11.8 Å². The predicted octanol–water partition coefficient (Wildman–Crippen LogP) is -1.02. The molecular weight excluding hydrogens is 562 g/mol. The molecule has 41 heavy (non-hydrogen) atoms. The Labute approximate surface area is 242 Å². The average molecular weight is 604 g/mol. The lowest BCUT2D eigenvalue weighted by Crippen LogP contribution is -2.59. The standard InChI is InChI=1S/C25H41N5O10S/c1-4-13(2)20(23(37)27-15(25(39)40)9-11-41-3)29-21(35)16(12-19(33)34)28-22(36)17-6-5-10-30(17)24(38)14(26)7-8-18(31)32/h13-17,20H,4-12,26H2,1-3H3,(H,27,37)(H,28,36)(H,29,35)(H,31,32)(H,33,34)(H,39,40)/t13-,14-,15-,16-,17-,20-/m0/s1. The van der Waals surface area contributed by atoms with Crippen LogP contribution in [0.3, 0.4) is 0 Å². The second-order valence-electron chi connectivity index (χ2n) is 9.94. The fraction of sp³-hybridized carbons (Fsp3) is 0.720. The minimum Gasteiger partial charge on any atom is -0.481 e. The summed E-state index contributed by atoms with van der Waals surface area (Å²) in [6.07, 6.45) is 1.70. The van der Waals surface area contributed by atoms with Crippen molar-refractivity contribution in [3.05, 3.63) is 0 Å². The summed E-state index contributed by atoms with van der Waals surface area (Å²) < 4.78 is 0. The smallest absolute Gasteiger partial charge is 0.326 e. The molecule has 0 aromatic heterocycles. The maximum atomic E-state index is 13.2. The van der Waals surface area contributed by atoms with Crippen LogP contribution in [-0.4, -0.2) is 111 Å². The van der Waals surface area contributed by atoms with Gasteiger partial charge in [-0.05, 0) is 43.6 Å². The van der Waals surface area contributed by atoms with Crippen molar-refractivity contribution in [2.24, 2.45) is 11.7 Å². The molecule has 0 aliphatic carbocycles. The lowest BCUT2D eigenvalue weighted by molar-refractivity contribution is -0.144. The molecule has 15 nitrogen and oxygen atoms in total. The number of nitrogens with zero attached hydrogens (tertiary/aromatic N) is 1. The van der Waals surface area contributed by atoms with E-state index in [1.54, 1.807) is 20.1 Å². The van der Waals surface area contributed by atoms with E-state index in [0.717, 1.165) is 0 Å². The van der Waals surface area contributed by atoms with Gasteiger partial charge in [-0.1, -0.05) is 20.3 Å². The summed E-state index contributed by atoms with van der Waals surface area (Å²) >= 11 is 1.40. The molecule has 0 spiro atoms. The van der Waals surface area contributed by atoms with Crippen molar-refractivity contribution in [1.29, 1.82) is 0 Å². The number of aliphatic carboxylic acids is 3. The molecule has 0 aromatic rings. The first kappa shape index (κ1) is 35.6. The van der Waals surface area contributed by atoms with E-state index >= 15 is 0 Å². The van der Waals surface area contributed by atoms with Crippen molar-refractivity contribution in [3.63, 3.8) is 0 Å². The lowest BCUT2D eigenvalue weighted by Gasteiger charge is -2.29. The Hall–Kier alpha value is -3.40. The Balaban J connectivity index is 3.05. The summed E-state index contributed by atoms with van der Waals surface area (Å²) in [5.41, 5.74) is 5.82. The van der Waals surface area contributed by atoms with Gasteiger partial charge >= 0.3 is 17.9 Å². The summed E-state index contributed by atoms with van der Waals surface area (Å²) in [6.45, 7) is 3.58. The van der Waals surface area contributed by atoms with Crippen LogP contribution in [-0.2, 0) is 33.6 Å². The number of thioether (sulfide) groups is 1. The maximum Gasteiger partial charge on any atom is 0.326 e. The number of carbonyl (C=O) groups is 7. The van der Waals surface area contributed by atoms with Crippen LogP contribution in [0.5, 0.6) is 0 Å². The maximum absolute atomic E-state index is 13.2. The van der Waals surface area contributed by atoms with Crippen LogP contribution in [0.2, 0.25) is 0 Å². The Morgan fingerprint density at radius 2 is 1.61 bits per heavy atom. The number of hydrogen-bond donors (Lipinski definition) is 7. The Bertz CT molecular complexity index is 980. The number of carboxylic acid groups (broad SMARTS) is 3. The van der Waals surface area contributed by atoms with Crippen molar-refractivity contribution in [1.82, 2.24) is 20.9 Å². The second-order valence-corrected chi connectivity index (χ2v) is 10.9. The number of carboxylic acids is 3. The highest BCUT2D eigenvalue weighted by Crippen LogP contribution is 2.20. The average Bonchev–Trinajstić information content (AvgIpc) is 3.40. The van der Waals surface area contributed by atoms with Crippen LogP contribution in [0, 0.1) is 5.92 Å². The number of nitrogens with one attached hydrogen (secondary N) is 3. The summed E-state index contributed by atoms with van der Waals surface area (Å²) in [6, 6.07) is -6.22. The summed E-state index contributed by atoms with van der Waals surface area (Å²) in [5.74, 6) is -6.93. The number of amides is 4. The molecule has 0 unspecified atom stereocenters. The lowest BCUT2D eigenvalue weighted by atomic mass is 9.97. The fourth-order valence-electron chi connectivity index (χ4n) is 4.28. The monoisotopic (exact) mass is 603 g/mol. The van der Waals surface area contributed by atoms with Crippen molar-refractivity contribution in [3.8, 4) is 0 Å². The number of nitrogens with two attached hydrogens (primary N) is 1. The summed E-state index contributed by atoms with van der Waals surface area (Å²) in [4.78, 5) is 87.2. The third kappa shape index (κ3) is 11.5. The van der Waals surface area contributed by atoms with E-state index in [1.165, 1.54) is 16.7 Å². The molecule has 6 atom stereocenters. The van der Waals surface area contributed by atoms with Gasteiger partial charge in [0, 0.05) is 13.0 Å². The van der Waals surface area contributed by atoms with Crippen molar-refractivity contribution in [2.45, 2.75) is 89.0 Å². The van der Waals surface area contributed by atoms with E-state index in [2.05, 4.69) is 16.0 Å². The predicted molar refractivity (Wildman–Crippen MR) is 148 cm³/mol. The van der Waals surface area contributed by atoms with Gasteiger partial charge in [-0.15, -0.1) is 0 Å². The molecular formula is C25H41N5O10S. The highest BCUT2D eigenvalue weighted by Gasteiger charge is 2.39. The zero-order valence-corrected chi connectivity index (χ0v) is 24.3. The molecule has 0 saturated carbocycles. The third-order valence-electron chi connectivity index (χ3n) is 6.86. The van der Waals surface area contributed by atoms with E-state index in [9.17, 15) is 43.8 Å². The third-order valence-corrected chi connectivity index (χ3v) is 7.50. The van der Waals surface area contributed by atoms with Crippen LogP contribution in [0.4, 0.5) is 0 Å². The molecule has 0 bridgehead atoms. The molecule has 4 amide bonds. The number of rotatable bonds is 18. The van der Waals surface area contributed by atoms with Gasteiger partial charge in [-0.25, -0.2) is 4.79 Å². The largest absolute Gasteiger partial charge is 0.481 e. The van der Waals surface area contributed by atoms with Crippen molar-refractivity contribution in [2.75, 3.05) is 18.6 Å². The van der Waals surface area contributed by atoms with Gasteiger partial charge in [-0.3, -0.25) is 28.8 Å². The first-order valence-electron chi connectivity index (χ1n) is 13.4. The van der Waals surface area contributed by atoms with Gasteiger partial charge < -0.3 is 41.9 Å². The van der Waals surface area contributed by atoms with Crippen LogP contribution < -0.4 is 21.7 Å². The topological polar surface area (TPSA) is 246 Å². The summed E-state index contributed by atoms with van der Waals surface area (Å²) in [7, 11) is 0. The minimum atomic E-state index is -1.61. The van der Waals surface area contributed by atoms with Crippen LogP contribution in [0.1, 0.15) is 58.8 Å². The van der Waals surface area contributed by atoms with Gasteiger partial charge in [0.25, 0.3) is 0 Å². The molecule has 232 valence electrons. The van der Waals surface area contributed by atoms with E-state index in [0.29, 0.717) is 18.6 Å². The highest BCUT2D eigenvalue weighted by molar-refractivity contribution is 7.98. The normalized spacial score (nSPS) is 18.3. The quantitative estimate of drug-likeness (QED) is 0.0995. The molecule has 8 N–H and O–H groups in total. The molecule has 1 rings (SSSR count).